The molecule has 0 heterocycles. The third kappa shape index (κ3) is 3.40. The van der Waals surface area contributed by atoms with Gasteiger partial charge in [-0.15, -0.1) is 11.8 Å². The Hall–Kier alpha value is -2.05. The Balaban J connectivity index is 2.38. The number of nitrogens with one attached hydrogen (secondary N) is 1. The third-order valence-electron chi connectivity index (χ3n) is 2.92. The standard InChI is InChI=1S/C15H12ClFN2O2S/c1-22-12-4-2-3-10(17)13(12)15(21)19-11-7-8(14(18)20)5-6-9(11)16/h2-7H,1H3,(H2,18,20)(H,19,21). The molecule has 0 aromatic heterocycles. The van der Waals surface area contributed by atoms with Gasteiger partial charge in [0.2, 0.25) is 5.91 Å². The van der Waals surface area contributed by atoms with E-state index in [0.29, 0.717) is 4.90 Å². The van der Waals surface area contributed by atoms with Crippen LogP contribution in [0.3, 0.4) is 0 Å². The van der Waals surface area contributed by atoms with Gasteiger partial charge in [0.15, 0.2) is 0 Å². The summed E-state index contributed by atoms with van der Waals surface area (Å²) in [7, 11) is 0. The molecule has 2 rings (SSSR count). The summed E-state index contributed by atoms with van der Waals surface area (Å²) in [5, 5.41) is 2.73. The molecule has 22 heavy (non-hydrogen) atoms. The lowest BCUT2D eigenvalue weighted by Gasteiger charge is -2.11. The molecule has 0 saturated heterocycles. The number of hydrogen-bond donors (Lipinski definition) is 2. The first-order chi connectivity index (χ1) is 10.4. The molecule has 0 fully saturated rings. The summed E-state index contributed by atoms with van der Waals surface area (Å²) in [6, 6.07) is 8.60. The molecule has 7 heteroatoms. The second-order valence-electron chi connectivity index (χ2n) is 4.33. The number of benzene rings is 2. The fourth-order valence-corrected chi connectivity index (χ4v) is 2.63. The Morgan fingerprint density at radius 3 is 2.64 bits per heavy atom. The Bertz CT molecular complexity index is 752. The molecule has 4 nitrogen and oxygen atoms in total. The smallest absolute Gasteiger partial charge is 0.259 e. The van der Waals surface area contributed by atoms with E-state index in [9.17, 15) is 14.0 Å². The molecule has 0 aliphatic rings. The molecule has 0 bridgehead atoms. The van der Waals surface area contributed by atoms with Gasteiger partial charge in [-0.2, -0.15) is 0 Å². The fraction of sp³-hybridized carbons (Fsp3) is 0.0667. The Morgan fingerprint density at radius 2 is 2.00 bits per heavy atom. The van der Waals surface area contributed by atoms with Gasteiger partial charge in [-0.1, -0.05) is 17.7 Å². The minimum Gasteiger partial charge on any atom is -0.366 e. The maximum absolute atomic E-state index is 13.9. The topological polar surface area (TPSA) is 72.2 Å². The van der Waals surface area contributed by atoms with Crippen molar-refractivity contribution < 1.29 is 14.0 Å². The van der Waals surface area contributed by atoms with Crippen LogP contribution in [0.1, 0.15) is 20.7 Å². The van der Waals surface area contributed by atoms with Crippen LogP contribution >= 0.6 is 23.4 Å². The van der Waals surface area contributed by atoms with E-state index in [1.54, 1.807) is 12.3 Å². The van der Waals surface area contributed by atoms with E-state index < -0.39 is 17.6 Å². The van der Waals surface area contributed by atoms with Crippen molar-refractivity contribution >= 4 is 40.9 Å². The molecular weight excluding hydrogens is 327 g/mol. The Labute approximate surface area is 135 Å². The van der Waals surface area contributed by atoms with Crippen LogP contribution in [-0.2, 0) is 0 Å². The number of halogens is 2. The zero-order valence-electron chi connectivity index (χ0n) is 11.5. The first-order valence-electron chi connectivity index (χ1n) is 6.17. The van der Waals surface area contributed by atoms with Crippen LogP contribution in [0.5, 0.6) is 0 Å². The second-order valence-corrected chi connectivity index (χ2v) is 5.59. The number of amides is 2. The summed E-state index contributed by atoms with van der Waals surface area (Å²) >= 11 is 7.23. The number of rotatable bonds is 4. The van der Waals surface area contributed by atoms with E-state index in [4.69, 9.17) is 17.3 Å². The Morgan fingerprint density at radius 1 is 1.27 bits per heavy atom. The number of carbonyl (C=O) groups excluding carboxylic acids is 2. The van der Waals surface area contributed by atoms with E-state index in [1.165, 1.54) is 42.1 Å². The lowest BCUT2D eigenvalue weighted by Crippen LogP contribution is -2.16. The molecule has 0 aliphatic carbocycles. The van der Waals surface area contributed by atoms with Crippen LogP contribution < -0.4 is 11.1 Å². The summed E-state index contributed by atoms with van der Waals surface area (Å²) in [6.45, 7) is 0. The highest BCUT2D eigenvalue weighted by molar-refractivity contribution is 7.98. The molecule has 0 atom stereocenters. The van der Waals surface area contributed by atoms with Crippen molar-refractivity contribution in [2.45, 2.75) is 4.90 Å². The largest absolute Gasteiger partial charge is 0.366 e. The van der Waals surface area contributed by atoms with Gasteiger partial charge in [-0.25, -0.2) is 4.39 Å². The number of nitrogens with two attached hydrogens (primary N) is 1. The lowest BCUT2D eigenvalue weighted by atomic mass is 10.1. The van der Waals surface area contributed by atoms with Gasteiger partial charge in [0.25, 0.3) is 5.91 Å². The minimum absolute atomic E-state index is 0.0736. The molecule has 2 amide bonds. The van der Waals surface area contributed by atoms with Crippen LogP contribution in [0.25, 0.3) is 0 Å². The molecule has 2 aromatic rings. The number of carbonyl (C=O) groups is 2. The summed E-state index contributed by atoms with van der Waals surface area (Å²) in [4.78, 5) is 24.0. The first kappa shape index (κ1) is 16.3. The third-order valence-corrected chi connectivity index (χ3v) is 4.03. The molecule has 0 saturated carbocycles. The van der Waals surface area contributed by atoms with Gasteiger partial charge in [0, 0.05) is 10.5 Å². The summed E-state index contributed by atoms with van der Waals surface area (Å²) in [6.07, 6.45) is 1.74. The highest BCUT2D eigenvalue weighted by atomic mass is 35.5. The van der Waals surface area contributed by atoms with Crippen LogP contribution in [0.15, 0.2) is 41.3 Å². The van der Waals surface area contributed by atoms with Gasteiger partial charge < -0.3 is 11.1 Å². The predicted octanol–water partition coefficient (Wildman–Crippen LogP) is 3.55. The highest BCUT2D eigenvalue weighted by Gasteiger charge is 2.18. The number of hydrogen-bond acceptors (Lipinski definition) is 3. The molecule has 0 radical (unpaired) electrons. The van der Waals surface area contributed by atoms with Crippen LogP contribution in [-0.4, -0.2) is 18.1 Å². The molecular formula is C15H12ClFN2O2S. The minimum atomic E-state index is -0.650. The second kappa shape index (κ2) is 6.81. The van der Waals surface area contributed by atoms with Crippen LogP contribution in [0, 0.1) is 5.82 Å². The van der Waals surface area contributed by atoms with Gasteiger partial charge in [-0.05, 0) is 36.6 Å². The quantitative estimate of drug-likeness (QED) is 0.837. The van der Waals surface area contributed by atoms with Crippen molar-refractivity contribution in [2.75, 3.05) is 11.6 Å². The van der Waals surface area contributed by atoms with E-state index >= 15 is 0 Å². The highest BCUT2D eigenvalue weighted by Crippen LogP contribution is 2.27. The normalized spacial score (nSPS) is 10.3. The molecule has 0 spiro atoms. The maximum Gasteiger partial charge on any atom is 0.259 e. The van der Waals surface area contributed by atoms with Crippen LogP contribution in [0.4, 0.5) is 10.1 Å². The van der Waals surface area contributed by atoms with Gasteiger partial charge >= 0.3 is 0 Å². The predicted molar refractivity (Wildman–Crippen MR) is 86.1 cm³/mol. The summed E-state index contributed by atoms with van der Waals surface area (Å²) in [5.74, 6) is -1.93. The van der Waals surface area contributed by atoms with E-state index in [1.807, 2.05) is 0 Å². The summed E-state index contributed by atoms with van der Waals surface area (Å²) < 4.78 is 13.9. The SMILES string of the molecule is CSc1cccc(F)c1C(=O)Nc1cc(C(N)=O)ccc1Cl. The molecule has 0 unspecified atom stereocenters. The van der Waals surface area contributed by atoms with Crippen molar-refractivity contribution in [3.63, 3.8) is 0 Å². The van der Waals surface area contributed by atoms with Crippen molar-refractivity contribution in [1.82, 2.24) is 0 Å². The monoisotopic (exact) mass is 338 g/mol. The van der Waals surface area contributed by atoms with Crippen LogP contribution in [0.2, 0.25) is 5.02 Å². The van der Waals surface area contributed by atoms with E-state index in [0.717, 1.165) is 0 Å². The fourth-order valence-electron chi connectivity index (χ4n) is 1.85. The summed E-state index contributed by atoms with van der Waals surface area (Å²) in [5.41, 5.74) is 5.50. The average molecular weight is 339 g/mol. The molecule has 2 aromatic carbocycles. The zero-order valence-corrected chi connectivity index (χ0v) is 13.1. The Kier molecular flexibility index (Phi) is 5.05. The number of primary amides is 1. The molecule has 114 valence electrons. The van der Waals surface area contributed by atoms with Gasteiger partial charge in [0.05, 0.1) is 16.3 Å². The van der Waals surface area contributed by atoms with Crippen molar-refractivity contribution in [2.24, 2.45) is 5.73 Å². The maximum atomic E-state index is 13.9. The van der Waals surface area contributed by atoms with Gasteiger partial charge in [0.1, 0.15) is 5.82 Å². The zero-order chi connectivity index (χ0) is 16.3. The van der Waals surface area contributed by atoms with Gasteiger partial charge in [-0.3, -0.25) is 9.59 Å². The lowest BCUT2D eigenvalue weighted by molar-refractivity contribution is 0.0995. The van der Waals surface area contributed by atoms with E-state index in [2.05, 4.69) is 5.32 Å². The number of anilines is 1. The molecule has 0 aliphatic heterocycles. The first-order valence-corrected chi connectivity index (χ1v) is 7.77. The molecule has 3 N–H and O–H groups in total. The number of thioether (sulfide) groups is 1. The van der Waals surface area contributed by atoms with Crippen molar-refractivity contribution in [1.29, 1.82) is 0 Å². The van der Waals surface area contributed by atoms with Crippen molar-refractivity contribution in [3.8, 4) is 0 Å². The van der Waals surface area contributed by atoms with E-state index in [-0.39, 0.29) is 21.8 Å². The van der Waals surface area contributed by atoms with Crippen molar-refractivity contribution in [3.05, 3.63) is 58.4 Å². The average Bonchev–Trinajstić information content (AvgIpc) is 2.48.